The Morgan fingerprint density at radius 1 is 0.519 bits per heavy atom. The summed E-state index contributed by atoms with van der Waals surface area (Å²) in [6, 6.07) is -0.0788. The molecule has 1 heterocycles. The van der Waals surface area contributed by atoms with Gasteiger partial charge in [-0.3, -0.25) is 0 Å². The number of rotatable bonds is 6. The highest BCUT2D eigenvalue weighted by atomic mass is 19.4. The molecule has 0 aliphatic rings. The van der Waals surface area contributed by atoms with E-state index in [0.717, 1.165) is 0 Å². The van der Waals surface area contributed by atoms with Crippen LogP contribution in [0.1, 0.15) is 5.56 Å². The summed E-state index contributed by atoms with van der Waals surface area (Å²) in [5.41, 5.74) is -2.16. The number of aromatic amines is 1. The predicted octanol–water partition coefficient (Wildman–Crippen LogP) is 5.85. The third kappa shape index (κ3) is 2.81. The van der Waals surface area contributed by atoms with Gasteiger partial charge in [0.15, 0.2) is 0 Å². The van der Waals surface area contributed by atoms with E-state index in [2.05, 4.69) is 0 Å². The highest BCUT2D eigenvalue weighted by Gasteiger charge is 2.93. The molecule has 1 rings (SSSR count). The van der Waals surface area contributed by atoms with Crippen LogP contribution in [0, 0.1) is 0 Å². The molecule has 158 valence electrons. The molecule has 0 aliphatic carbocycles. The summed E-state index contributed by atoms with van der Waals surface area (Å²) in [6.07, 6.45) is -7.36. The zero-order valence-electron chi connectivity index (χ0n) is 11.9. The summed E-state index contributed by atoms with van der Waals surface area (Å²) in [4.78, 5) is 1.61. The highest BCUT2D eigenvalue weighted by Crippen LogP contribution is 2.63. The van der Waals surface area contributed by atoms with Crippen LogP contribution in [-0.2, 0) is 5.92 Å². The number of nitrogens with one attached hydrogen (secondary N) is 1. The Morgan fingerprint density at radius 2 is 0.889 bits per heavy atom. The summed E-state index contributed by atoms with van der Waals surface area (Å²) < 4.78 is 193. The molecule has 0 saturated carbocycles. The molecule has 0 aliphatic heterocycles. The van der Waals surface area contributed by atoms with E-state index in [4.69, 9.17) is 0 Å². The number of hydrogen-bond acceptors (Lipinski definition) is 0. The summed E-state index contributed by atoms with van der Waals surface area (Å²) in [7, 11) is 0. The van der Waals surface area contributed by atoms with Crippen molar-refractivity contribution in [2.45, 2.75) is 41.7 Å². The number of alkyl halides is 15. The van der Waals surface area contributed by atoms with Crippen molar-refractivity contribution in [3.63, 3.8) is 0 Å². The molecule has 1 aromatic heterocycles. The summed E-state index contributed by atoms with van der Waals surface area (Å²) in [6.45, 7) is 0. The van der Waals surface area contributed by atoms with Gasteiger partial charge in [0.05, 0.1) is 0 Å². The number of halogens is 15. The van der Waals surface area contributed by atoms with E-state index in [1.54, 1.807) is 4.98 Å². The minimum Gasteiger partial charge on any atom is -0.367 e. The van der Waals surface area contributed by atoms with Crippen molar-refractivity contribution in [3.05, 3.63) is 24.0 Å². The molecular formula is C11H4F15N. The van der Waals surface area contributed by atoms with Gasteiger partial charge >= 0.3 is 41.7 Å². The van der Waals surface area contributed by atoms with Gasteiger partial charge in [-0.2, -0.15) is 65.9 Å². The first-order chi connectivity index (χ1) is 11.6. The van der Waals surface area contributed by atoms with Crippen LogP contribution in [0.15, 0.2) is 18.5 Å². The molecule has 0 spiro atoms. The fourth-order valence-corrected chi connectivity index (χ4v) is 1.67. The van der Waals surface area contributed by atoms with Crippen LogP contribution in [0.25, 0.3) is 0 Å². The quantitative estimate of drug-likeness (QED) is 0.541. The van der Waals surface area contributed by atoms with Crippen molar-refractivity contribution in [2.75, 3.05) is 0 Å². The molecule has 1 aromatic rings. The van der Waals surface area contributed by atoms with E-state index < -0.39 is 47.3 Å². The number of aromatic nitrogens is 1. The maximum Gasteiger partial charge on any atom is 0.460 e. The molecule has 0 atom stereocenters. The van der Waals surface area contributed by atoms with Crippen LogP contribution < -0.4 is 0 Å². The van der Waals surface area contributed by atoms with E-state index >= 15 is 0 Å². The van der Waals surface area contributed by atoms with Gasteiger partial charge in [0.1, 0.15) is 0 Å². The van der Waals surface area contributed by atoms with E-state index in [9.17, 15) is 65.9 Å². The lowest BCUT2D eigenvalue weighted by molar-refractivity contribution is -0.453. The fourth-order valence-electron chi connectivity index (χ4n) is 1.67. The Morgan fingerprint density at radius 3 is 1.22 bits per heavy atom. The molecule has 1 nitrogen and oxygen atoms in total. The van der Waals surface area contributed by atoms with E-state index in [1.807, 2.05) is 0 Å². The van der Waals surface area contributed by atoms with Gasteiger partial charge in [-0.05, 0) is 6.07 Å². The molecule has 16 heteroatoms. The Hall–Kier alpha value is -1.77. The van der Waals surface area contributed by atoms with Crippen LogP contribution in [-0.4, -0.2) is 40.8 Å². The summed E-state index contributed by atoms with van der Waals surface area (Å²) in [5.74, 6) is -46.4. The lowest BCUT2D eigenvalue weighted by Gasteiger charge is -2.41. The maximum absolute atomic E-state index is 13.5. The topological polar surface area (TPSA) is 15.8 Å². The van der Waals surface area contributed by atoms with Crippen LogP contribution in [0.5, 0.6) is 0 Å². The van der Waals surface area contributed by atoms with E-state index in [0.29, 0.717) is 6.20 Å². The minimum atomic E-state index is -8.26. The highest BCUT2D eigenvalue weighted by molar-refractivity contribution is 5.23. The van der Waals surface area contributed by atoms with Crippen molar-refractivity contribution in [1.29, 1.82) is 0 Å². The molecule has 0 aromatic carbocycles. The SMILES string of the molecule is FC(F)(F)C(F)(F)C(F)(F)C(F)(F)C(F)(F)C(F)(F)C(F)(F)c1cc[nH]c1. The largest absolute Gasteiger partial charge is 0.460 e. The maximum atomic E-state index is 13.5. The summed E-state index contributed by atoms with van der Waals surface area (Å²) >= 11 is 0. The molecule has 0 unspecified atom stereocenters. The van der Waals surface area contributed by atoms with Crippen molar-refractivity contribution in [2.24, 2.45) is 0 Å². The Balaban J connectivity index is 3.60. The molecule has 1 N–H and O–H groups in total. The summed E-state index contributed by atoms with van der Waals surface area (Å²) in [5, 5.41) is 0. The van der Waals surface area contributed by atoms with Gasteiger partial charge in [-0.25, -0.2) is 0 Å². The second kappa shape index (κ2) is 5.86. The van der Waals surface area contributed by atoms with Gasteiger partial charge in [0.2, 0.25) is 0 Å². The zero-order valence-corrected chi connectivity index (χ0v) is 11.9. The molecule has 0 fully saturated rings. The van der Waals surface area contributed by atoms with Crippen LogP contribution in [0.4, 0.5) is 65.9 Å². The van der Waals surface area contributed by atoms with E-state index in [-0.39, 0.29) is 12.3 Å². The standard InChI is InChI=1S/C11H4F15N/c12-5(13,4-1-2-27-3-4)6(14,15)7(16,17)8(18,19)9(20,21)10(22,23)11(24,25)26/h1-3,27H. The minimum absolute atomic E-state index is 0.0788. The first kappa shape index (κ1) is 23.3. The Kier molecular flexibility index (Phi) is 5.05. The third-order valence-electron chi connectivity index (χ3n) is 3.29. The van der Waals surface area contributed by atoms with Crippen molar-refractivity contribution in [3.8, 4) is 0 Å². The molecule has 0 radical (unpaired) electrons. The third-order valence-corrected chi connectivity index (χ3v) is 3.29. The average molecular weight is 435 g/mol. The molecule has 0 saturated heterocycles. The predicted molar refractivity (Wildman–Crippen MR) is 55.5 cm³/mol. The lowest BCUT2D eigenvalue weighted by Crippen LogP contribution is -2.72. The van der Waals surface area contributed by atoms with Crippen LogP contribution in [0.2, 0.25) is 0 Å². The number of hydrogen-bond donors (Lipinski definition) is 1. The first-order valence-electron chi connectivity index (χ1n) is 6.07. The molecule has 0 amide bonds. The lowest BCUT2D eigenvalue weighted by atomic mass is 9.89. The van der Waals surface area contributed by atoms with Gasteiger partial charge in [-0.15, -0.1) is 0 Å². The van der Waals surface area contributed by atoms with E-state index in [1.165, 1.54) is 0 Å². The van der Waals surface area contributed by atoms with Crippen LogP contribution in [0.3, 0.4) is 0 Å². The smallest absolute Gasteiger partial charge is 0.367 e. The Labute approximate surface area is 138 Å². The van der Waals surface area contributed by atoms with Gasteiger partial charge in [0, 0.05) is 18.0 Å². The average Bonchev–Trinajstić information content (AvgIpc) is 2.99. The second-order valence-corrected chi connectivity index (χ2v) is 5.04. The van der Waals surface area contributed by atoms with Crippen molar-refractivity contribution >= 4 is 0 Å². The van der Waals surface area contributed by atoms with Gasteiger partial charge in [-0.1, -0.05) is 0 Å². The number of H-pyrrole nitrogens is 1. The normalized spacial score (nSPS) is 16.0. The van der Waals surface area contributed by atoms with Gasteiger partial charge in [0.25, 0.3) is 0 Å². The monoisotopic (exact) mass is 435 g/mol. The van der Waals surface area contributed by atoms with Gasteiger partial charge < -0.3 is 4.98 Å². The fraction of sp³-hybridized carbons (Fsp3) is 0.636. The molecule has 27 heavy (non-hydrogen) atoms. The van der Waals surface area contributed by atoms with Crippen molar-refractivity contribution < 1.29 is 65.9 Å². The van der Waals surface area contributed by atoms with Crippen LogP contribution >= 0.6 is 0 Å². The Bertz CT molecular complexity index is 654. The van der Waals surface area contributed by atoms with Crippen molar-refractivity contribution in [1.82, 2.24) is 4.98 Å². The zero-order chi connectivity index (χ0) is 21.9. The second-order valence-electron chi connectivity index (χ2n) is 5.04. The molecular weight excluding hydrogens is 431 g/mol. The first-order valence-corrected chi connectivity index (χ1v) is 6.07. The molecule has 0 bridgehead atoms.